The van der Waals surface area contributed by atoms with Crippen molar-refractivity contribution in [3.63, 3.8) is 0 Å². The number of nitrogens with zero attached hydrogens (tertiary/aromatic N) is 1. The molecule has 0 radical (unpaired) electrons. The summed E-state index contributed by atoms with van der Waals surface area (Å²) in [7, 11) is 0. The van der Waals surface area contributed by atoms with Gasteiger partial charge in [-0.05, 0) is 12.1 Å². The van der Waals surface area contributed by atoms with E-state index in [1.165, 1.54) is 4.90 Å². The van der Waals surface area contributed by atoms with Crippen LogP contribution >= 0.6 is 24.8 Å². The van der Waals surface area contributed by atoms with E-state index in [0.717, 1.165) is 6.07 Å². The van der Waals surface area contributed by atoms with Crippen LogP contribution in [0.2, 0.25) is 0 Å². The van der Waals surface area contributed by atoms with Crippen molar-refractivity contribution in [2.24, 2.45) is 0 Å². The van der Waals surface area contributed by atoms with E-state index in [4.69, 9.17) is 0 Å². The van der Waals surface area contributed by atoms with Gasteiger partial charge < -0.3 is 5.32 Å². The fraction of sp³-hybridized carbons (Fsp3) is 0.571. The van der Waals surface area contributed by atoms with Crippen molar-refractivity contribution in [2.45, 2.75) is 24.8 Å². The van der Waals surface area contributed by atoms with Crippen LogP contribution in [0.4, 0.5) is 30.7 Å². The molecule has 1 N–H and O–H groups in total. The molecule has 1 fully saturated rings. The topological polar surface area (TPSA) is 15.3 Å². The Morgan fingerprint density at radius 3 is 2.00 bits per heavy atom. The lowest BCUT2D eigenvalue weighted by Crippen LogP contribution is -2.46. The Morgan fingerprint density at radius 2 is 1.56 bits per heavy atom. The molecule has 0 bridgehead atoms. The van der Waals surface area contributed by atoms with E-state index in [1.54, 1.807) is 0 Å². The molecule has 0 aromatic heterocycles. The molecule has 25 heavy (non-hydrogen) atoms. The predicted molar refractivity (Wildman–Crippen MR) is 83.8 cm³/mol. The van der Waals surface area contributed by atoms with Crippen LogP contribution in [0.1, 0.15) is 23.6 Å². The Kier molecular flexibility index (Phi) is 8.96. The van der Waals surface area contributed by atoms with Gasteiger partial charge in [0.05, 0.1) is 12.0 Å². The first-order valence-electron chi connectivity index (χ1n) is 6.96. The highest BCUT2D eigenvalue weighted by molar-refractivity contribution is 5.85. The van der Waals surface area contributed by atoms with E-state index in [-0.39, 0.29) is 49.5 Å². The molecular weight excluding hydrogens is 400 g/mol. The Hall–Kier alpha value is -0.770. The Bertz CT molecular complexity index is 543. The molecule has 1 aliphatic heterocycles. The minimum absolute atomic E-state index is 0. The van der Waals surface area contributed by atoms with Crippen molar-refractivity contribution in [3.8, 4) is 0 Å². The second-order valence-electron chi connectivity index (χ2n) is 5.36. The molecule has 0 spiro atoms. The minimum atomic E-state index is -4.74. The van der Waals surface area contributed by atoms with E-state index in [1.807, 2.05) is 0 Å². The van der Waals surface area contributed by atoms with Crippen LogP contribution < -0.4 is 5.32 Å². The number of piperazine rings is 1. The van der Waals surface area contributed by atoms with Gasteiger partial charge in [0.1, 0.15) is 5.82 Å². The van der Waals surface area contributed by atoms with Crippen LogP contribution in [0.15, 0.2) is 18.2 Å². The van der Waals surface area contributed by atoms with Gasteiger partial charge in [-0.1, -0.05) is 6.07 Å². The number of nitrogens with one attached hydrogen (secondary N) is 1. The van der Waals surface area contributed by atoms with Crippen molar-refractivity contribution in [1.29, 1.82) is 0 Å². The lowest BCUT2D eigenvalue weighted by molar-refractivity contribution is -0.149. The zero-order valence-corrected chi connectivity index (χ0v) is 14.4. The highest BCUT2D eigenvalue weighted by atomic mass is 35.5. The standard InChI is InChI=1S/C14H15F7N2.2ClH/c15-11-7-9(14(19,20)21)1-2-10(11)12(8-13(16,17)18)23-5-3-22-4-6-23;;/h1-2,7,12,22H,3-6,8H2;2*1H/t12-;;/m0../s1. The number of hydrogen-bond donors (Lipinski definition) is 1. The summed E-state index contributed by atoms with van der Waals surface area (Å²) in [5.41, 5.74) is -1.58. The van der Waals surface area contributed by atoms with Crippen molar-refractivity contribution < 1.29 is 30.7 Å². The maximum Gasteiger partial charge on any atom is 0.416 e. The summed E-state index contributed by atoms with van der Waals surface area (Å²) in [6.45, 7) is 1.41. The molecule has 2 nitrogen and oxygen atoms in total. The number of rotatable bonds is 3. The molecule has 2 rings (SSSR count). The van der Waals surface area contributed by atoms with E-state index in [2.05, 4.69) is 5.32 Å². The van der Waals surface area contributed by atoms with E-state index >= 15 is 0 Å². The lowest BCUT2D eigenvalue weighted by atomic mass is 9.98. The van der Waals surface area contributed by atoms with Gasteiger partial charge in [-0.25, -0.2) is 4.39 Å². The summed E-state index contributed by atoms with van der Waals surface area (Å²) in [6.07, 6.45) is -10.6. The van der Waals surface area contributed by atoms with Crippen molar-refractivity contribution in [2.75, 3.05) is 26.2 Å². The second-order valence-corrected chi connectivity index (χ2v) is 5.36. The molecule has 1 atom stereocenters. The fourth-order valence-electron chi connectivity index (χ4n) is 2.62. The largest absolute Gasteiger partial charge is 0.416 e. The molecular formula is C14H17Cl2F7N2. The second kappa shape index (κ2) is 9.25. The summed E-state index contributed by atoms with van der Waals surface area (Å²) in [6, 6.07) is 0.334. The smallest absolute Gasteiger partial charge is 0.314 e. The average molecular weight is 417 g/mol. The molecule has 0 aliphatic carbocycles. The first-order valence-corrected chi connectivity index (χ1v) is 6.96. The summed E-state index contributed by atoms with van der Waals surface area (Å²) in [5, 5.41) is 2.96. The van der Waals surface area contributed by atoms with Crippen LogP contribution in [0.25, 0.3) is 0 Å². The molecule has 0 amide bonds. The molecule has 0 unspecified atom stereocenters. The SMILES string of the molecule is Cl.Cl.Fc1cc(C(F)(F)F)ccc1[C@H](CC(F)(F)F)N1CCNCC1. The van der Waals surface area contributed by atoms with Crippen molar-refractivity contribution >= 4 is 24.8 Å². The molecule has 11 heteroatoms. The third kappa shape index (κ3) is 6.80. The van der Waals surface area contributed by atoms with E-state index in [0.29, 0.717) is 19.2 Å². The molecule has 1 aromatic carbocycles. The summed E-state index contributed by atoms with van der Waals surface area (Å²) >= 11 is 0. The van der Waals surface area contributed by atoms with Gasteiger partial charge in [-0.15, -0.1) is 24.8 Å². The fourth-order valence-corrected chi connectivity index (χ4v) is 2.62. The highest BCUT2D eigenvalue weighted by Crippen LogP contribution is 2.37. The van der Waals surface area contributed by atoms with Crippen LogP contribution in [0.3, 0.4) is 0 Å². The van der Waals surface area contributed by atoms with Crippen LogP contribution in [0.5, 0.6) is 0 Å². The number of benzene rings is 1. The quantitative estimate of drug-likeness (QED) is 0.725. The molecule has 1 heterocycles. The normalized spacial score (nSPS) is 17.4. The Balaban J connectivity index is 0.00000288. The van der Waals surface area contributed by atoms with Crippen molar-refractivity contribution in [3.05, 3.63) is 35.1 Å². The van der Waals surface area contributed by atoms with Gasteiger partial charge in [-0.2, -0.15) is 26.3 Å². The Labute approximate surface area is 152 Å². The Morgan fingerprint density at radius 1 is 1.00 bits per heavy atom. The van der Waals surface area contributed by atoms with E-state index < -0.39 is 36.2 Å². The minimum Gasteiger partial charge on any atom is -0.314 e. The number of hydrogen-bond acceptors (Lipinski definition) is 2. The van der Waals surface area contributed by atoms with Crippen molar-refractivity contribution in [1.82, 2.24) is 10.2 Å². The average Bonchev–Trinajstić information content (AvgIpc) is 2.44. The van der Waals surface area contributed by atoms with Crippen LogP contribution in [-0.4, -0.2) is 37.3 Å². The van der Waals surface area contributed by atoms with Crippen LogP contribution in [0, 0.1) is 5.82 Å². The van der Waals surface area contributed by atoms with Gasteiger partial charge in [0.2, 0.25) is 0 Å². The molecule has 1 saturated heterocycles. The lowest BCUT2D eigenvalue weighted by Gasteiger charge is -2.35. The summed E-state index contributed by atoms with van der Waals surface area (Å²) in [5.74, 6) is -1.27. The monoisotopic (exact) mass is 416 g/mol. The maximum atomic E-state index is 14.1. The predicted octanol–water partition coefficient (Wildman–Crippen LogP) is 4.59. The first kappa shape index (κ1) is 24.2. The van der Waals surface area contributed by atoms with Gasteiger partial charge in [0, 0.05) is 37.8 Å². The van der Waals surface area contributed by atoms with Gasteiger partial charge in [0.15, 0.2) is 0 Å². The molecule has 1 aliphatic rings. The number of alkyl halides is 6. The third-order valence-corrected chi connectivity index (χ3v) is 3.70. The molecule has 146 valence electrons. The van der Waals surface area contributed by atoms with Gasteiger partial charge in [0.25, 0.3) is 0 Å². The summed E-state index contributed by atoms with van der Waals surface area (Å²) in [4.78, 5) is 1.44. The van der Waals surface area contributed by atoms with Gasteiger partial charge in [-0.3, -0.25) is 4.90 Å². The maximum absolute atomic E-state index is 14.1. The van der Waals surface area contributed by atoms with Crippen LogP contribution in [-0.2, 0) is 6.18 Å². The molecule has 0 saturated carbocycles. The first-order chi connectivity index (χ1) is 10.6. The zero-order chi connectivity index (χ0) is 17.3. The van der Waals surface area contributed by atoms with Gasteiger partial charge >= 0.3 is 12.4 Å². The summed E-state index contributed by atoms with van der Waals surface area (Å²) < 4.78 is 90.1. The third-order valence-electron chi connectivity index (χ3n) is 3.70. The zero-order valence-electron chi connectivity index (χ0n) is 12.8. The highest BCUT2D eigenvalue weighted by Gasteiger charge is 2.38. The molecule has 1 aromatic rings. The van der Waals surface area contributed by atoms with E-state index in [9.17, 15) is 30.7 Å². The number of halogens is 9.